The molecule has 1 aromatic carbocycles. The lowest BCUT2D eigenvalue weighted by Gasteiger charge is -2.01. The Balaban J connectivity index is 2.52. The predicted molar refractivity (Wildman–Crippen MR) is 56.2 cm³/mol. The SMILES string of the molecule is Nc1cc(F)ccc1-c1ccc(Br)o1. The van der Waals surface area contributed by atoms with Gasteiger partial charge in [0, 0.05) is 11.3 Å². The van der Waals surface area contributed by atoms with Crippen LogP contribution >= 0.6 is 15.9 Å². The van der Waals surface area contributed by atoms with Crippen molar-refractivity contribution in [3.05, 3.63) is 40.8 Å². The number of anilines is 1. The second-order valence-electron chi connectivity index (χ2n) is 2.84. The van der Waals surface area contributed by atoms with Crippen molar-refractivity contribution in [2.24, 2.45) is 0 Å². The highest BCUT2D eigenvalue weighted by Gasteiger charge is 2.07. The van der Waals surface area contributed by atoms with Crippen LogP contribution in [0.25, 0.3) is 11.3 Å². The van der Waals surface area contributed by atoms with Crippen molar-refractivity contribution in [3.8, 4) is 11.3 Å². The van der Waals surface area contributed by atoms with E-state index in [1.165, 1.54) is 12.1 Å². The van der Waals surface area contributed by atoms with E-state index >= 15 is 0 Å². The summed E-state index contributed by atoms with van der Waals surface area (Å²) in [6, 6.07) is 7.75. The van der Waals surface area contributed by atoms with E-state index in [9.17, 15) is 4.39 Å². The lowest BCUT2D eigenvalue weighted by atomic mass is 10.1. The number of halogens is 2. The molecule has 1 heterocycles. The van der Waals surface area contributed by atoms with Gasteiger partial charge in [-0.05, 0) is 46.3 Å². The second-order valence-corrected chi connectivity index (χ2v) is 3.62. The fourth-order valence-corrected chi connectivity index (χ4v) is 1.52. The van der Waals surface area contributed by atoms with Gasteiger partial charge < -0.3 is 10.2 Å². The Morgan fingerprint density at radius 1 is 1.21 bits per heavy atom. The maximum Gasteiger partial charge on any atom is 0.169 e. The van der Waals surface area contributed by atoms with Gasteiger partial charge in [-0.3, -0.25) is 0 Å². The number of hydrogen-bond donors (Lipinski definition) is 1. The van der Waals surface area contributed by atoms with Gasteiger partial charge in [-0.25, -0.2) is 4.39 Å². The molecule has 0 amide bonds. The summed E-state index contributed by atoms with van der Waals surface area (Å²) in [5, 5.41) is 0. The highest BCUT2D eigenvalue weighted by atomic mass is 79.9. The summed E-state index contributed by atoms with van der Waals surface area (Å²) in [6.45, 7) is 0. The zero-order valence-corrected chi connectivity index (χ0v) is 8.71. The normalized spacial score (nSPS) is 10.4. The fourth-order valence-electron chi connectivity index (χ4n) is 1.22. The van der Waals surface area contributed by atoms with Gasteiger partial charge in [-0.15, -0.1) is 0 Å². The van der Waals surface area contributed by atoms with Crippen molar-refractivity contribution in [3.63, 3.8) is 0 Å². The van der Waals surface area contributed by atoms with Crippen LogP contribution in [-0.2, 0) is 0 Å². The van der Waals surface area contributed by atoms with Crippen LogP contribution in [0.1, 0.15) is 0 Å². The molecule has 4 heteroatoms. The molecule has 0 bridgehead atoms. The quantitative estimate of drug-likeness (QED) is 0.794. The van der Waals surface area contributed by atoms with Crippen LogP contribution < -0.4 is 5.73 Å². The molecule has 0 saturated heterocycles. The molecule has 2 aromatic rings. The predicted octanol–water partition coefficient (Wildman–Crippen LogP) is 3.43. The van der Waals surface area contributed by atoms with E-state index in [-0.39, 0.29) is 5.82 Å². The van der Waals surface area contributed by atoms with Gasteiger partial charge in [0.2, 0.25) is 0 Å². The summed E-state index contributed by atoms with van der Waals surface area (Å²) in [6.07, 6.45) is 0. The summed E-state index contributed by atoms with van der Waals surface area (Å²) >= 11 is 3.19. The smallest absolute Gasteiger partial charge is 0.169 e. The maximum absolute atomic E-state index is 12.7. The summed E-state index contributed by atoms with van der Waals surface area (Å²) in [4.78, 5) is 0. The molecule has 1 aromatic heterocycles. The third-order valence-electron chi connectivity index (χ3n) is 1.85. The van der Waals surface area contributed by atoms with Crippen molar-refractivity contribution in [2.75, 3.05) is 5.73 Å². The van der Waals surface area contributed by atoms with Gasteiger partial charge in [-0.2, -0.15) is 0 Å². The third-order valence-corrected chi connectivity index (χ3v) is 2.28. The molecule has 0 unspecified atom stereocenters. The molecule has 0 aliphatic heterocycles. The standard InChI is InChI=1S/C10H7BrFNO/c11-10-4-3-9(14-10)7-2-1-6(12)5-8(7)13/h1-5H,13H2. The highest BCUT2D eigenvalue weighted by molar-refractivity contribution is 9.10. The van der Waals surface area contributed by atoms with Gasteiger partial charge in [0.25, 0.3) is 0 Å². The first kappa shape index (κ1) is 9.27. The molecule has 2 nitrogen and oxygen atoms in total. The molecule has 14 heavy (non-hydrogen) atoms. The molecule has 0 fully saturated rings. The highest BCUT2D eigenvalue weighted by Crippen LogP contribution is 2.29. The van der Waals surface area contributed by atoms with Gasteiger partial charge in [0.05, 0.1) is 0 Å². The minimum atomic E-state index is -0.350. The average molecular weight is 256 g/mol. The first-order valence-corrected chi connectivity index (χ1v) is 4.77. The maximum atomic E-state index is 12.7. The summed E-state index contributed by atoms with van der Waals surface area (Å²) in [5.74, 6) is 0.270. The van der Waals surface area contributed by atoms with Gasteiger partial charge in [0.15, 0.2) is 4.67 Å². The van der Waals surface area contributed by atoms with Crippen molar-refractivity contribution in [1.29, 1.82) is 0 Å². The van der Waals surface area contributed by atoms with Crippen molar-refractivity contribution in [2.45, 2.75) is 0 Å². The molecular weight excluding hydrogens is 249 g/mol. The molecule has 0 atom stereocenters. The first-order chi connectivity index (χ1) is 6.66. The monoisotopic (exact) mass is 255 g/mol. The van der Waals surface area contributed by atoms with E-state index in [0.29, 0.717) is 21.7 Å². The van der Waals surface area contributed by atoms with Crippen LogP contribution in [0.15, 0.2) is 39.4 Å². The lowest BCUT2D eigenvalue weighted by Crippen LogP contribution is -1.89. The molecule has 2 rings (SSSR count). The molecule has 0 spiro atoms. The summed E-state index contributed by atoms with van der Waals surface area (Å²) in [7, 11) is 0. The van der Waals surface area contributed by atoms with Crippen LogP contribution in [0.4, 0.5) is 10.1 Å². The topological polar surface area (TPSA) is 39.2 Å². The Morgan fingerprint density at radius 3 is 2.57 bits per heavy atom. The number of furan rings is 1. The van der Waals surface area contributed by atoms with E-state index in [2.05, 4.69) is 15.9 Å². The Kier molecular flexibility index (Phi) is 2.29. The fraction of sp³-hybridized carbons (Fsp3) is 0. The zero-order valence-electron chi connectivity index (χ0n) is 7.13. The van der Waals surface area contributed by atoms with Gasteiger partial charge >= 0.3 is 0 Å². The Bertz CT molecular complexity index is 467. The van der Waals surface area contributed by atoms with Gasteiger partial charge in [-0.1, -0.05) is 0 Å². The molecule has 2 N–H and O–H groups in total. The molecular formula is C10H7BrFNO. The van der Waals surface area contributed by atoms with Crippen LogP contribution in [0.3, 0.4) is 0 Å². The van der Waals surface area contributed by atoms with E-state index in [1.807, 2.05) is 0 Å². The third kappa shape index (κ3) is 1.65. The minimum absolute atomic E-state index is 0.350. The van der Waals surface area contributed by atoms with Crippen LogP contribution in [-0.4, -0.2) is 0 Å². The molecule has 72 valence electrons. The second kappa shape index (κ2) is 3.46. The van der Waals surface area contributed by atoms with Crippen LogP contribution in [0.2, 0.25) is 0 Å². The number of nitrogen functional groups attached to an aromatic ring is 1. The van der Waals surface area contributed by atoms with Crippen LogP contribution in [0.5, 0.6) is 0 Å². The van der Waals surface area contributed by atoms with E-state index in [0.717, 1.165) is 0 Å². The van der Waals surface area contributed by atoms with Crippen molar-refractivity contribution in [1.82, 2.24) is 0 Å². The first-order valence-electron chi connectivity index (χ1n) is 3.97. The molecule has 0 aliphatic rings. The lowest BCUT2D eigenvalue weighted by molar-refractivity contribution is 0.556. The van der Waals surface area contributed by atoms with Crippen molar-refractivity contribution < 1.29 is 8.81 Å². The Hall–Kier alpha value is -1.29. The molecule has 0 aliphatic carbocycles. The largest absolute Gasteiger partial charge is 0.449 e. The van der Waals surface area contributed by atoms with E-state index < -0.39 is 0 Å². The van der Waals surface area contributed by atoms with E-state index in [4.69, 9.17) is 10.2 Å². The number of benzene rings is 1. The van der Waals surface area contributed by atoms with E-state index in [1.54, 1.807) is 18.2 Å². The van der Waals surface area contributed by atoms with Gasteiger partial charge in [0.1, 0.15) is 11.6 Å². The zero-order chi connectivity index (χ0) is 10.1. The summed E-state index contributed by atoms with van der Waals surface area (Å²) in [5.41, 5.74) is 6.71. The Labute approximate surface area is 88.7 Å². The molecule has 0 saturated carbocycles. The number of hydrogen-bond acceptors (Lipinski definition) is 2. The number of rotatable bonds is 1. The average Bonchev–Trinajstić information content (AvgIpc) is 2.51. The number of nitrogens with two attached hydrogens (primary N) is 1. The van der Waals surface area contributed by atoms with Crippen molar-refractivity contribution >= 4 is 21.6 Å². The van der Waals surface area contributed by atoms with Crippen LogP contribution in [0, 0.1) is 5.82 Å². The minimum Gasteiger partial charge on any atom is -0.449 e. The summed E-state index contributed by atoms with van der Waals surface area (Å²) < 4.78 is 18.7. The Morgan fingerprint density at radius 2 is 2.00 bits per heavy atom. The molecule has 0 radical (unpaired) electrons.